The summed E-state index contributed by atoms with van der Waals surface area (Å²) in [4.78, 5) is 19.6. The molecule has 13 nitrogen and oxygen atoms in total. The first-order chi connectivity index (χ1) is 20.1. The number of nitrogens with one attached hydrogen (secondary N) is 3. The van der Waals surface area contributed by atoms with E-state index in [-0.39, 0.29) is 17.8 Å². The first-order valence-electron chi connectivity index (χ1n) is 13.7. The minimum absolute atomic E-state index is 0.00150. The Morgan fingerprint density at radius 2 is 2.05 bits per heavy atom. The third-order valence-corrected chi connectivity index (χ3v) is 6.44. The number of pyridine rings is 1. The van der Waals surface area contributed by atoms with Gasteiger partial charge < -0.3 is 25.4 Å². The molecule has 0 atom stereocenters. The van der Waals surface area contributed by atoms with Gasteiger partial charge in [-0.05, 0) is 12.1 Å². The van der Waals surface area contributed by atoms with E-state index in [2.05, 4.69) is 36.8 Å². The molecule has 0 radical (unpaired) electrons. The highest BCUT2D eigenvalue weighted by atomic mass is 16.5. The third kappa shape index (κ3) is 5.47. The zero-order chi connectivity index (χ0) is 29.9. The van der Waals surface area contributed by atoms with Crippen LogP contribution in [0.25, 0.3) is 10.9 Å². The maximum absolute atomic E-state index is 13.0. The molecule has 0 saturated carbocycles. The number of carbonyl (C=O) groups is 1. The van der Waals surface area contributed by atoms with Crippen molar-refractivity contribution < 1.29 is 18.4 Å². The number of anilines is 4. The quantitative estimate of drug-likeness (QED) is 0.293. The largest absolute Gasteiger partial charge is 0.492 e. The van der Waals surface area contributed by atoms with Gasteiger partial charge in [0.1, 0.15) is 17.9 Å². The fourth-order valence-corrected chi connectivity index (χ4v) is 4.49. The summed E-state index contributed by atoms with van der Waals surface area (Å²) < 4.78 is 36.9. The lowest BCUT2D eigenvalue weighted by molar-refractivity contribution is 0.0331. The molecule has 1 saturated heterocycles. The molecule has 0 aliphatic carbocycles. The molecule has 1 aromatic carbocycles. The topological polar surface area (TPSA) is 147 Å². The van der Waals surface area contributed by atoms with Gasteiger partial charge in [-0.3, -0.25) is 14.4 Å². The van der Waals surface area contributed by atoms with E-state index in [1.165, 1.54) is 18.0 Å². The van der Waals surface area contributed by atoms with Crippen LogP contribution >= 0.6 is 0 Å². The van der Waals surface area contributed by atoms with Crippen LogP contribution in [0.3, 0.4) is 0 Å². The number of carbonyl (C=O) groups excluding carboxylic acids is 1. The first-order valence-corrected chi connectivity index (χ1v) is 12.2. The van der Waals surface area contributed by atoms with Crippen LogP contribution in [0.5, 0.6) is 5.75 Å². The highest BCUT2D eigenvalue weighted by Gasteiger charge is 2.19. The normalized spacial score (nSPS) is 15.2. The van der Waals surface area contributed by atoms with Gasteiger partial charge in [0.25, 0.3) is 5.91 Å². The van der Waals surface area contributed by atoms with Crippen molar-refractivity contribution in [3.8, 4) is 11.8 Å². The second kappa shape index (κ2) is 11.4. The predicted octanol–water partition coefficient (Wildman–Crippen LogP) is 2.38. The summed E-state index contributed by atoms with van der Waals surface area (Å²) in [5.74, 6) is 0.481. The maximum Gasteiger partial charge on any atom is 0.254 e. The van der Waals surface area contributed by atoms with Gasteiger partial charge in [0.15, 0.2) is 11.6 Å². The van der Waals surface area contributed by atoms with E-state index >= 15 is 0 Å². The molecule has 13 heteroatoms. The van der Waals surface area contributed by atoms with Crippen LogP contribution in [0, 0.1) is 11.3 Å². The van der Waals surface area contributed by atoms with E-state index in [4.69, 9.17) is 13.6 Å². The molecule has 0 spiro atoms. The van der Waals surface area contributed by atoms with E-state index in [0.717, 1.165) is 24.2 Å². The molecule has 1 aliphatic heterocycles. The molecule has 4 aromatic rings. The number of methoxy groups -OCH3 is 1. The van der Waals surface area contributed by atoms with Gasteiger partial charge in [0.2, 0.25) is 0 Å². The van der Waals surface area contributed by atoms with E-state index in [1.54, 1.807) is 29.1 Å². The standard InChI is InChI=1S/C26H30N10O3/c1-28-26(37)19-15-29-22(32-23-12-18(34(2)33-23)16-35-8-10-39-11-9-35)13-21(19)31-20-5-4-17-14-30-36(7-6-27)24(17)25(20)38-3/h4-5,12-15H,7-11,16H2,1-3H3,(H,28,37)(H2,29,31,32,33)/i1D3. The number of hydrogen-bond acceptors (Lipinski definition) is 10. The molecular formula is C26H30N10O3. The van der Waals surface area contributed by atoms with Crippen LogP contribution in [-0.2, 0) is 24.9 Å². The number of benzene rings is 1. The number of nitrogens with zero attached hydrogens (tertiary/aromatic N) is 7. The van der Waals surface area contributed by atoms with Gasteiger partial charge >= 0.3 is 0 Å². The number of fused-ring (bicyclic) bond motifs is 1. The second-order valence-corrected chi connectivity index (χ2v) is 8.90. The Balaban J connectivity index is 1.47. The lowest BCUT2D eigenvalue weighted by atomic mass is 10.1. The van der Waals surface area contributed by atoms with Gasteiger partial charge in [-0.25, -0.2) is 9.67 Å². The molecule has 39 heavy (non-hydrogen) atoms. The van der Waals surface area contributed by atoms with E-state index in [9.17, 15) is 10.1 Å². The second-order valence-electron chi connectivity index (χ2n) is 8.90. The van der Waals surface area contributed by atoms with Crippen molar-refractivity contribution in [2.75, 3.05) is 51.0 Å². The minimum Gasteiger partial charge on any atom is -0.492 e. The van der Waals surface area contributed by atoms with Gasteiger partial charge in [0, 0.05) is 61.5 Å². The maximum atomic E-state index is 13.0. The summed E-state index contributed by atoms with van der Waals surface area (Å²) in [6, 6.07) is 9.13. The van der Waals surface area contributed by atoms with Crippen LogP contribution in [0.15, 0.2) is 36.7 Å². The Labute approximate surface area is 229 Å². The summed E-state index contributed by atoms with van der Waals surface area (Å²) in [6.45, 7) is 1.11. The van der Waals surface area contributed by atoms with Crippen molar-refractivity contribution in [3.05, 3.63) is 47.9 Å². The summed E-state index contributed by atoms with van der Waals surface area (Å²) in [5.41, 5.74) is 2.32. The van der Waals surface area contributed by atoms with E-state index in [1.807, 2.05) is 18.4 Å². The molecule has 1 aliphatic rings. The molecule has 0 bridgehead atoms. The number of aryl methyl sites for hydroxylation is 1. The Bertz CT molecular complexity index is 1640. The highest BCUT2D eigenvalue weighted by Crippen LogP contribution is 2.36. The Kier molecular flexibility index (Phi) is 6.51. The van der Waals surface area contributed by atoms with Crippen LogP contribution in [0.4, 0.5) is 23.0 Å². The number of hydrogen-bond donors (Lipinski definition) is 3. The predicted molar refractivity (Wildman–Crippen MR) is 145 cm³/mol. The monoisotopic (exact) mass is 533 g/mol. The van der Waals surface area contributed by atoms with Gasteiger partial charge in [-0.15, -0.1) is 0 Å². The molecule has 3 N–H and O–H groups in total. The molecular weight excluding hydrogens is 500 g/mol. The first kappa shape index (κ1) is 22.3. The average molecular weight is 534 g/mol. The smallest absolute Gasteiger partial charge is 0.254 e. The Morgan fingerprint density at radius 1 is 1.21 bits per heavy atom. The zero-order valence-electron chi connectivity index (χ0n) is 24.6. The van der Waals surface area contributed by atoms with Crippen LogP contribution in [-0.4, -0.2) is 75.7 Å². The molecule has 3 aromatic heterocycles. The average Bonchev–Trinajstić information content (AvgIpc) is 3.51. The Hall–Kier alpha value is -4.67. The summed E-state index contributed by atoms with van der Waals surface area (Å²) >= 11 is 0. The number of aromatic nitrogens is 5. The molecule has 4 heterocycles. The van der Waals surface area contributed by atoms with Crippen LogP contribution in [0.2, 0.25) is 0 Å². The molecule has 5 rings (SSSR count). The van der Waals surface area contributed by atoms with E-state index < -0.39 is 12.9 Å². The number of nitriles is 1. The van der Waals surface area contributed by atoms with Crippen molar-refractivity contribution in [3.63, 3.8) is 0 Å². The Morgan fingerprint density at radius 3 is 2.82 bits per heavy atom. The number of morpholine rings is 1. The highest BCUT2D eigenvalue weighted by molar-refractivity contribution is 6.01. The van der Waals surface area contributed by atoms with Crippen molar-refractivity contribution >= 4 is 39.8 Å². The fourth-order valence-electron chi connectivity index (χ4n) is 4.49. The number of ether oxygens (including phenoxy) is 2. The minimum atomic E-state index is -2.70. The SMILES string of the molecule is [2H]C([2H])([2H])NC(=O)c1cnc(Nc2cc(CN3CCOCC3)n(C)n2)cc1Nc1ccc2cnn(CC#N)c2c1OC. The van der Waals surface area contributed by atoms with Gasteiger partial charge in [-0.1, -0.05) is 0 Å². The number of amides is 1. The van der Waals surface area contributed by atoms with Crippen molar-refractivity contribution in [2.45, 2.75) is 13.1 Å². The van der Waals surface area contributed by atoms with Crippen molar-refractivity contribution in [2.24, 2.45) is 7.05 Å². The summed E-state index contributed by atoms with van der Waals surface area (Å²) in [5, 5.41) is 27.2. The lowest BCUT2D eigenvalue weighted by Gasteiger charge is -2.26. The molecule has 1 fully saturated rings. The zero-order valence-corrected chi connectivity index (χ0v) is 21.6. The third-order valence-electron chi connectivity index (χ3n) is 6.44. The fraction of sp³-hybridized carbons (Fsp3) is 0.346. The van der Waals surface area contributed by atoms with Gasteiger partial charge in [0.05, 0.1) is 55.2 Å². The molecule has 202 valence electrons. The summed E-state index contributed by atoms with van der Waals surface area (Å²) in [7, 11) is 3.35. The van der Waals surface area contributed by atoms with Crippen molar-refractivity contribution in [1.29, 1.82) is 5.26 Å². The van der Waals surface area contributed by atoms with Crippen LogP contribution in [0.1, 0.15) is 20.2 Å². The molecule has 1 amide bonds. The lowest BCUT2D eigenvalue weighted by Crippen LogP contribution is -2.36. The van der Waals surface area contributed by atoms with Crippen LogP contribution < -0.4 is 20.7 Å². The van der Waals surface area contributed by atoms with E-state index in [0.29, 0.717) is 48.3 Å². The molecule has 0 unspecified atom stereocenters. The number of rotatable bonds is 9. The van der Waals surface area contributed by atoms with Gasteiger partial charge in [-0.2, -0.15) is 15.5 Å². The van der Waals surface area contributed by atoms with Crippen molar-refractivity contribution in [1.82, 2.24) is 34.8 Å². The summed E-state index contributed by atoms with van der Waals surface area (Å²) in [6.07, 6.45) is 2.91.